The lowest BCUT2D eigenvalue weighted by atomic mass is 10.2. The molecule has 2 aromatic rings. The standard InChI is InChI=1S/C18H22FN3O/c19-18-3-1-17(2-4-18)14-23-15-22-11-9-21(10-12-22)13-16-5-7-20-8-6-16/h1-8H,9-15H2. The highest BCUT2D eigenvalue weighted by Crippen LogP contribution is 2.09. The van der Waals surface area contributed by atoms with Gasteiger partial charge in [-0.2, -0.15) is 0 Å². The summed E-state index contributed by atoms with van der Waals surface area (Å²) in [6, 6.07) is 10.6. The SMILES string of the molecule is Fc1ccc(COCN2CCN(Cc3ccncc3)CC2)cc1. The maximum atomic E-state index is 12.8. The second-order valence-electron chi connectivity index (χ2n) is 5.85. The zero-order chi connectivity index (χ0) is 15.9. The second kappa shape index (κ2) is 8.15. The maximum Gasteiger partial charge on any atom is 0.123 e. The second-order valence-corrected chi connectivity index (χ2v) is 5.85. The molecule has 1 aromatic heterocycles. The molecule has 0 saturated carbocycles. The maximum absolute atomic E-state index is 12.8. The number of benzene rings is 1. The molecule has 0 atom stereocenters. The van der Waals surface area contributed by atoms with Gasteiger partial charge in [0.2, 0.25) is 0 Å². The molecule has 2 heterocycles. The number of hydrogen-bond donors (Lipinski definition) is 0. The van der Waals surface area contributed by atoms with E-state index >= 15 is 0 Å². The summed E-state index contributed by atoms with van der Waals surface area (Å²) in [5.74, 6) is -0.209. The van der Waals surface area contributed by atoms with Gasteiger partial charge in [0.15, 0.2) is 0 Å². The number of piperazine rings is 1. The molecule has 0 unspecified atom stereocenters. The Kier molecular flexibility index (Phi) is 5.69. The molecule has 1 aliphatic rings. The number of nitrogens with zero attached hydrogens (tertiary/aromatic N) is 3. The predicted octanol–water partition coefficient (Wildman–Crippen LogP) is 2.51. The molecule has 1 aromatic carbocycles. The summed E-state index contributed by atoms with van der Waals surface area (Å²) in [6.45, 7) is 6.23. The quantitative estimate of drug-likeness (QED) is 0.819. The van der Waals surface area contributed by atoms with Crippen molar-refractivity contribution >= 4 is 0 Å². The van der Waals surface area contributed by atoms with Crippen LogP contribution in [-0.2, 0) is 17.9 Å². The van der Waals surface area contributed by atoms with Crippen LogP contribution < -0.4 is 0 Å². The number of ether oxygens (including phenoxy) is 1. The van der Waals surface area contributed by atoms with Crippen LogP contribution in [0.25, 0.3) is 0 Å². The molecule has 0 N–H and O–H groups in total. The van der Waals surface area contributed by atoms with Gasteiger partial charge in [0.25, 0.3) is 0 Å². The van der Waals surface area contributed by atoms with E-state index in [-0.39, 0.29) is 5.82 Å². The summed E-state index contributed by atoms with van der Waals surface area (Å²) in [4.78, 5) is 8.81. The Labute approximate surface area is 136 Å². The molecule has 1 aliphatic heterocycles. The zero-order valence-corrected chi connectivity index (χ0v) is 13.2. The summed E-state index contributed by atoms with van der Waals surface area (Å²) < 4.78 is 18.6. The van der Waals surface area contributed by atoms with Crippen LogP contribution in [0.3, 0.4) is 0 Å². The fourth-order valence-electron chi connectivity index (χ4n) is 2.70. The lowest BCUT2D eigenvalue weighted by Crippen LogP contribution is -2.46. The monoisotopic (exact) mass is 315 g/mol. The topological polar surface area (TPSA) is 28.6 Å². The number of hydrogen-bond acceptors (Lipinski definition) is 4. The van der Waals surface area contributed by atoms with E-state index in [1.807, 2.05) is 12.4 Å². The first-order valence-electron chi connectivity index (χ1n) is 7.95. The highest BCUT2D eigenvalue weighted by atomic mass is 19.1. The lowest BCUT2D eigenvalue weighted by Gasteiger charge is -2.34. The summed E-state index contributed by atoms with van der Waals surface area (Å²) in [7, 11) is 0. The third kappa shape index (κ3) is 5.10. The van der Waals surface area contributed by atoms with Crippen LogP contribution in [0.5, 0.6) is 0 Å². The fraction of sp³-hybridized carbons (Fsp3) is 0.389. The van der Waals surface area contributed by atoms with Gasteiger partial charge in [0.05, 0.1) is 13.3 Å². The van der Waals surface area contributed by atoms with Crippen molar-refractivity contribution < 1.29 is 9.13 Å². The highest BCUT2D eigenvalue weighted by Gasteiger charge is 2.16. The van der Waals surface area contributed by atoms with E-state index < -0.39 is 0 Å². The largest absolute Gasteiger partial charge is 0.361 e. The Bertz CT molecular complexity index is 583. The fourth-order valence-corrected chi connectivity index (χ4v) is 2.70. The number of rotatable bonds is 6. The van der Waals surface area contributed by atoms with Gasteiger partial charge in [-0.25, -0.2) is 4.39 Å². The van der Waals surface area contributed by atoms with Gasteiger partial charge in [-0.3, -0.25) is 14.8 Å². The average Bonchev–Trinajstić information content (AvgIpc) is 2.59. The van der Waals surface area contributed by atoms with Gasteiger partial charge < -0.3 is 4.74 Å². The lowest BCUT2D eigenvalue weighted by molar-refractivity contribution is -0.00681. The van der Waals surface area contributed by atoms with Crippen molar-refractivity contribution in [1.29, 1.82) is 0 Å². The van der Waals surface area contributed by atoms with Gasteiger partial charge >= 0.3 is 0 Å². The molecule has 3 rings (SSSR count). The van der Waals surface area contributed by atoms with Crippen LogP contribution in [-0.4, -0.2) is 47.7 Å². The molecule has 0 amide bonds. The Morgan fingerprint density at radius 3 is 2.22 bits per heavy atom. The molecular weight excluding hydrogens is 293 g/mol. The number of pyridine rings is 1. The van der Waals surface area contributed by atoms with Crippen LogP contribution in [0.1, 0.15) is 11.1 Å². The highest BCUT2D eigenvalue weighted by molar-refractivity contribution is 5.15. The molecule has 0 spiro atoms. The normalized spacial score (nSPS) is 16.6. The van der Waals surface area contributed by atoms with E-state index in [1.165, 1.54) is 17.7 Å². The predicted molar refractivity (Wildman–Crippen MR) is 87.1 cm³/mol. The van der Waals surface area contributed by atoms with E-state index in [4.69, 9.17) is 4.74 Å². The van der Waals surface area contributed by atoms with Gasteiger partial charge in [-0.1, -0.05) is 12.1 Å². The van der Waals surface area contributed by atoms with Crippen LogP contribution in [0.15, 0.2) is 48.8 Å². The molecular formula is C18H22FN3O. The minimum atomic E-state index is -0.209. The van der Waals surface area contributed by atoms with Gasteiger partial charge in [-0.15, -0.1) is 0 Å². The Balaban J connectivity index is 1.35. The first kappa shape index (κ1) is 16.1. The number of halogens is 1. The van der Waals surface area contributed by atoms with Gasteiger partial charge in [0.1, 0.15) is 5.82 Å². The summed E-state index contributed by atoms with van der Waals surface area (Å²) in [6.07, 6.45) is 3.68. The van der Waals surface area contributed by atoms with Crippen molar-refractivity contribution in [3.63, 3.8) is 0 Å². The van der Waals surface area contributed by atoms with Crippen molar-refractivity contribution in [3.8, 4) is 0 Å². The van der Waals surface area contributed by atoms with E-state index in [0.29, 0.717) is 13.3 Å². The molecule has 1 fully saturated rings. The first-order valence-corrected chi connectivity index (χ1v) is 7.95. The van der Waals surface area contributed by atoms with E-state index in [1.54, 1.807) is 12.1 Å². The van der Waals surface area contributed by atoms with E-state index in [2.05, 4.69) is 26.9 Å². The summed E-state index contributed by atoms with van der Waals surface area (Å²) >= 11 is 0. The minimum absolute atomic E-state index is 0.209. The molecule has 4 nitrogen and oxygen atoms in total. The van der Waals surface area contributed by atoms with Crippen molar-refractivity contribution in [2.45, 2.75) is 13.2 Å². The van der Waals surface area contributed by atoms with Crippen molar-refractivity contribution in [1.82, 2.24) is 14.8 Å². The molecule has 23 heavy (non-hydrogen) atoms. The third-order valence-corrected chi connectivity index (χ3v) is 4.08. The molecule has 122 valence electrons. The van der Waals surface area contributed by atoms with E-state index in [0.717, 1.165) is 38.3 Å². The van der Waals surface area contributed by atoms with Gasteiger partial charge in [0, 0.05) is 45.1 Å². The molecule has 0 aliphatic carbocycles. The third-order valence-electron chi connectivity index (χ3n) is 4.08. The molecule has 0 bridgehead atoms. The van der Waals surface area contributed by atoms with Crippen LogP contribution in [0.2, 0.25) is 0 Å². The van der Waals surface area contributed by atoms with Crippen molar-refractivity contribution in [2.75, 3.05) is 32.9 Å². The summed E-state index contributed by atoms with van der Waals surface area (Å²) in [5, 5.41) is 0. The van der Waals surface area contributed by atoms with Crippen LogP contribution in [0, 0.1) is 5.82 Å². The van der Waals surface area contributed by atoms with E-state index in [9.17, 15) is 4.39 Å². The summed E-state index contributed by atoms with van der Waals surface area (Å²) in [5.41, 5.74) is 2.31. The van der Waals surface area contributed by atoms with Crippen molar-refractivity contribution in [2.24, 2.45) is 0 Å². The molecule has 0 radical (unpaired) electrons. The first-order chi connectivity index (χ1) is 11.3. The van der Waals surface area contributed by atoms with Crippen LogP contribution >= 0.6 is 0 Å². The van der Waals surface area contributed by atoms with Crippen LogP contribution in [0.4, 0.5) is 4.39 Å². The molecule has 5 heteroatoms. The molecule has 1 saturated heterocycles. The van der Waals surface area contributed by atoms with Gasteiger partial charge in [-0.05, 0) is 35.4 Å². The Hall–Kier alpha value is -1.82. The minimum Gasteiger partial charge on any atom is -0.361 e. The Morgan fingerprint density at radius 2 is 1.52 bits per heavy atom. The smallest absolute Gasteiger partial charge is 0.123 e. The zero-order valence-electron chi connectivity index (χ0n) is 13.2. The van der Waals surface area contributed by atoms with Crippen molar-refractivity contribution in [3.05, 3.63) is 65.7 Å². The Morgan fingerprint density at radius 1 is 0.870 bits per heavy atom. The average molecular weight is 315 g/mol. The number of aromatic nitrogens is 1.